The number of hydrogen-bond donors (Lipinski definition) is 1. The fourth-order valence-electron chi connectivity index (χ4n) is 3.87. The Morgan fingerprint density at radius 1 is 1.14 bits per heavy atom. The summed E-state index contributed by atoms with van der Waals surface area (Å²) in [6, 6.07) is 11.0. The third kappa shape index (κ3) is 2.38. The number of rotatable bonds is 5. The summed E-state index contributed by atoms with van der Waals surface area (Å²) in [7, 11) is 0. The quantitative estimate of drug-likeness (QED) is 0.901. The zero-order valence-electron chi connectivity index (χ0n) is 12.7. The highest BCUT2D eigenvalue weighted by Gasteiger charge is 2.52. The predicted octanol–water partition coefficient (Wildman–Crippen LogP) is 3.08. The van der Waals surface area contributed by atoms with Gasteiger partial charge in [-0.25, -0.2) is 0 Å². The van der Waals surface area contributed by atoms with Crippen LogP contribution in [0.1, 0.15) is 50.8 Å². The van der Waals surface area contributed by atoms with Crippen molar-refractivity contribution >= 4 is 5.91 Å². The third-order valence-corrected chi connectivity index (χ3v) is 5.24. The van der Waals surface area contributed by atoms with E-state index in [1.807, 2.05) is 6.07 Å². The molecule has 2 atom stereocenters. The van der Waals surface area contributed by atoms with Crippen molar-refractivity contribution in [3.63, 3.8) is 0 Å². The Kier molecular flexibility index (Phi) is 3.26. The maximum Gasteiger partial charge on any atom is 0.241 e. The van der Waals surface area contributed by atoms with Crippen LogP contribution in [0.4, 0.5) is 0 Å². The number of nitrogens with one attached hydrogen (secondary N) is 1. The van der Waals surface area contributed by atoms with E-state index in [4.69, 9.17) is 0 Å². The molecule has 0 radical (unpaired) electrons. The van der Waals surface area contributed by atoms with E-state index in [1.54, 1.807) is 0 Å². The van der Waals surface area contributed by atoms with E-state index in [9.17, 15) is 4.79 Å². The normalized spacial score (nSPS) is 29.4. The van der Waals surface area contributed by atoms with Crippen LogP contribution in [-0.2, 0) is 4.79 Å². The predicted molar refractivity (Wildman–Crippen MR) is 82.5 cm³/mol. The molecule has 1 aromatic carbocycles. The van der Waals surface area contributed by atoms with Gasteiger partial charge in [-0.1, -0.05) is 37.3 Å². The molecule has 2 unspecified atom stereocenters. The maximum atomic E-state index is 12.9. The van der Waals surface area contributed by atoms with Crippen molar-refractivity contribution in [2.24, 2.45) is 11.8 Å². The minimum absolute atomic E-state index is 0.00444. The van der Waals surface area contributed by atoms with Gasteiger partial charge in [-0.05, 0) is 49.5 Å². The van der Waals surface area contributed by atoms with Crippen molar-refractivity contribution in [1.29, 1.82) is 0 Å². The lowest BCUT2D eigenvalue weighted by atomic mass is 10.0. The van der Waals surface area contributed by atoms with Crippen LogP contribution in [0.3, 0.4) is 0 Å². The zero-order valence-corrected chi connectivity index (χ0v) is 12.7. The van der Waals surface area contributed by atoms with Crippen molar-refractivity contribution in [1.82, 2.24) is 10.2 Å². The summed E-state index contributed by atoms with van der Waals surface area (Å²) in [6.45, 7) is 2.10. The second kappa shape index (κ2) is 5.13. The van der Waals surface area contributed by atoms with E-state index in [0.717, 1.165) is 18.3 Å². The van der Waals surface area contributed by atoms with Crippen LogP contribution in [0, 0.1) is 11.8 Å². The molecule has 0 spiro atoms. The minimum Gasteiger partial charge on any atom is -0.318 e. The van der Waals surface area contributed by atoms with Crippen LogP contribution in [0.5, 0.6) is 0 Å². The first-order valence-electron chi connectivity index (χ1n) is 8.42. The molecule has 2 aliphatic carbocycles. The van der Waals surface area contributed by atoms with Gasteiger partial charge in [0, 0.05) is 6.04 Å². The van der Waals surface area contributed by atoms with Gasteiger partial charge in [0.05, 0.1) is 6.04 Å². The topological polar surface area (TPSA) is 32.3 Å². The molecule has 1 amide bonds. The lowest BCUT2D eigenvalue weighted by Gasteiger charge is -2.33. The molecule has 0 aromatic heterocycles. The second-order valence-electron chi connectivity index (χ2n) is 6.85. The summed E-state index contributed by atoms with van der Waals surface area (Å²) in [5.41, 5.74) is 1.23. The Morgan fingerprint density at radius 3 is 2.29 bits per heavy atom. The summed E-state index contributed by atoms with van der Waals surface area (Å²) >= 11 is 0. The van der Waals surface area contributed by atoms with Gasteiger partial charge in [0.15, 0.2) is 0 Å². The molecule has 1 aliphatic heterocycles. The van der Waals surface area contributed by atoms with E-state index in [1.165, 1.54) is 31.2 Å². The highest BCUT2D eigenvalue weighted by Crippen LogP contribution is 2.50. The van der Waals surface area contributed by atoms with Crippen molar-refractivity contribution in [2.45, 2.75) is 57.3 Å². The fourth-order valence-corrected chi connectivity index (χ4v) is 3.87. The first-order valence-corrected chi connectivity index (χ1v) is 8.42. The average Bonchev–Trinajstić information content (AvgIpc) is 3.41. The molecule has 1 saturated heterocycles. The van der Waals surface area contributed by atoms with Crippen molar-refractivity contribution in [3.8, 4) is 0 Å². The average molecular weight is 284 g/mol. The summed E-state index contributed by atoms with van der Waals surface area (Å²) < 4.78 is 0. The maximum absolute atomic E-state index is 12.9. The van der Waals surface area contributed by atoms with Gasteiger partial charge >= 0.3 is 0 Å². The van der Waals surface area contributed by atoms with Crippen LogP contribution < -0.4 is 5.32 Å². The Labute approximate surface area is 126 Å². The van der Waals surface area contributed by atoms with Gasteiger partial charge in [0.1, 0.15) is 6.17 Å². The van der Waals surface area contributed by atoms with E-state index in [2.05, 4.69) is 41.4 Å². The van der Waals surface area contributed by atoms with Gasteiger partial charge in [-0.2, -0.15) is 0 Å². The summed E-state index contributed by atoms with van der Waals surface area (Å²) in [4.78, 5) is 15.1. The van der Waals surface area contributed by atoms with Crippen LogP contribution >= 0.6 is 0 Å². The zero-order chi connectivity index (χ0) is 14.4. The standard InChI is InChI=1S/C18H24N2O/c1-2-15-18(21)20(16(12-8-9-12)13-10-11-13)17(19-15)14-6-4-3-5-7-14/h3-7,12-13,15-17,19H,2,8-11H2,1H3. The molecule has 0 bridgehead atoms. The number of hydrogen-bond acceptors (Lipinski definition) is 2. The molecular formula is C18H24N2O. The van der Waals surface area contributed by atoms with Crippen LogP contribution in [0.15, 0.2) is 30.3 Å². The van der Waals surface area contributed by atoms with Crippen LogP contribution in [0.2, 0.25) is 0 Å². The van der Waals surface area contributed by atoms with E-state index < -0.39 is 0 Å². The van der Waals surface area contributed by atoms with Gasteiger partial charge in [0.2, 0.25) is 5.91 Å². The molecule has 3 nitrogen and oxygen atoms in total. The second-order valence-corrected chi connectivity index (χ2v) is 6.85. The molecule has 21 heavy (non-hydrogen) atoms. The Bertz CT molecular complexity index is 509. The number of carbonyl (C=O) groups is 1. The Balaban J connectivity index is 1.67. The van der Waals surface area contributed by atoms with Crippen molar-refractivity contribution in [2.75, 3.05) is 0 Å². The summed E-state index contributed by atoms with van der Waals surface area (Å²) in [5, 5.41) is 3.58. The highest BCUT2D eigenvalue weighted by molar-refractivity contribution is 5.85. The smallest absolute Gasteiger partial charge is 0.241 e. The Hall–Kier alpha value is -1.35. The van der Waals surface area contributed by atoms with Gasteiger partial charge < -0.3 is 4.90 Å². The van der Waals surface area contributed by atoms with Gasteiger partial charge in [-0.3, -0.25) is 10.1 Å². The molecule has 2 saturated carbocycles. The van der Waals surface area contributed by atoms with Crippen molar-refractivity contribution in [3.05, 3.63) is 35.9 Å². The molecule has 4 rings (SSSR count). The summed E-state index contributed by atoms with van der Waals surface area (Å²) in [5.74, 6) is 1.84. The van der Waals surface area contributed by atoms with Crippen LogP contribution in [0.25, 0.3) is 0 Å². The minimum atomic E-state index is -0.00444. The SMILES string of the molecule is CCC1NC(c2ccccc2)N(C(C2CC2)C2CC2)C1=O. The first-order chi connectivity index (χ1) is 10.3. The Morgan fingerprint density at radius 2 is 1.76 bits per heavy atom. The molecule has 3 aliphatic rings. The molecule has 3 fully saturated rings. The highest BCUT2D eigenvalue weighted by atomic mass is 16.2. The number of benzene rings is 1. The molecule has 1 heterocycles. The molecular weight excluding hydrogens is 260 g/mol. The van der Waals surface area contributed by atoms with Gasteiger partial charge in [-0.15, -0.1) is 0 Å². The third-order valence-electron chi connectivity index (χ3n) is 5.24. The lowest BCUT2D eigenvalue weighted by Crippen LogP contribution is -2.43. The van der Waals surface area contributed by atoms with Crippen molar-refractivity contribution < 1.29 is 4.79 Å². The fraction of sp³-hybridized carbons (Fsp3) is 0.611. The van der Waals surface area contributed by atoms with E-state index in [0.29, 0.717) is 11.9 Å². The molecule has 1 N–H and O–H groups in total. The van der Waals surface area contributed by atoms with E-state index >= 15 is 0 Å². The number of amides is 1. The van der Waals surface area contributed by atoms with Gasteiger partial charge in [0.25, 0.3) is 0 Å². The summed E-state index contributed by atoms with van der Waals surface area (Å²) in [6.07, 6.45) is 6.19. The molecule has 112 valence electrons. The number of nitrogens with zero attached hydrogens (tertiary/aromatic N) is 1. The first kappa shape index (κ1) is 13.3. The number of carbonyl (C=O) groups excluding carboxylic acids is 1. The van der Waals surface area contributed by atoms with E-state index in [-0.39, 0.29) is 12.2 Å². The molecule has 3 heteroatoms. The lowest BCUT2D eigenvalue weighted by molar-refractivity contribution is -0.133. The monoisotopic (exact) mass is 284 g/mol. The van der Waals surface area contributed by atoms with Crippen LogP contribution in [-0.4, -0.2) is 22.9 Å². The largest absolute Gasteiger partial charge is 0.318 e. The molecule has 1 aromatic rings.